The summed E-state index contributed by atoms with van der Waals surface area (Å²) in [7, 11) is -1.62. The Bertz CT molecular complexity index is 455. The lowest BCUT2D eigenvalue weighted by molar-refractivity contribution is -0.0341. The molecule has 2 N–H and O–H groups in total. The Morgan fingerprint density at radius 3 is 2.53 bits per heavy atom. The first-order chi connectivity index (χ1) is 8.89. The highest BCUT2D eigenvalue weighted by Crippen LogP contribution is 2.43. The van der Waals surface area contributed by atoms with Crippen molar-refractivity contribution in [2.75, 3.05) is 6.61 Å². The Balaban J connectivity index is 2.22. The van der Waals surface area contributed by atoms with Gasteiger partial charge in [-0.1, -0.05) is 60.8 Å². The number of rotatable bonds is 4. The van der Waals surface area contributed by atoms with Gasteiger partial charge >= 0.3 is 0 Å². The molecule has 0 aromatic heterocycles. The van der Waals surface area contributed by atoms with Crippen molar-refractivity contribution in [3.63, 3.8) is 0 Å². The van der Waals surface area contributed by atoms with E-state index in [1.807, 2.05) is 6.07 Å². The molecule has 1 aromatic rings. The van der Waals surface area contributed by atoms with E-state index < -0.39 is 13.7 Å². The van der Waals surface area contributed by atoms with Crippen LogP contribution in [0.4, 0.5) is 0 Å². The van der Waals surface area contributed by atoms with Crippen molar-refractivity contribution in [3.8, 4) is 0 Å². The van der Waals surface area contributed by atoms with E-state index in [4.69, 9.17) is 0 Å². The molecule has 0 unspecified atom stereocenters. The molecule has 0 bridgehead atoms. The zero-order valence-corrected chi connectivity index (χ0v) is 12.9. The van der Waals surface area contributed by atoms with Crippen LogP contribution in [-0.4, -0.2) is 30.5 Å². The summed E-state index contributed by atoms with van der Waals surface area (Å²) in [6.07, 6.45) is 1.48. The highest BCUT2D eigenvalue weighted by atomic mass is 28.3. The second kappa shape index (κ2) is 5.23. The second-order valence-electron chi connectivity index (χ2n) is 6.43. The molecule has 3 heteroatoms. The minimum Gasteiger partial charge on any atom is -0.393 e. The minimum absolute atomic E-state index is 0.0411. The fourth-order valence-electron chi connectivity index (χ4n) is 3.15. The second-order valence-corrected chi connectivity index (χ2v) is 11.2. The maximum atomic E-state index is 10.6. The smallest absolute Gasteiger partial charge is 0.0942 e. The summed E-state index contributed by atoms with van der Waals surface area (Å²) in [6, 6.07) is 11.5. The summed E-state index contributed by atoms with van der Waals surface area (Å²) in [5.74, 6) is 0.0411. The van der Waals surface area contributed by atoms with Crippen LogP contribution in [0, 0.1) is 5.92 Å². The van der Waals surface area contributed by atoms with Crippen molar-refractivity contribution >= 4 is 13.3 Å². The predicted octanol–water partition coefficient (Wildman–Crippen LogP) is 2.29. The molecule has 0 heterocycles. The van der Waals surface area contributed by atoms with E-state index in [9.17, 15) is 10.2 Å². The van der Waals surface area contributed by atoms with Crippen LogP contribution in [0.2, 0.25) is 19.1 Å². The molecule has 2 atom stereocenters. The van der Waals surface area contributed by atoms with Gasteiger partial charge in [0.15, 0.2) is 0 Å². The van der Waals surface area contributed by atoms with Gasteiger partial charge in [-0.15, -0.1) is 0 Å². The molecule has 0 saturated heterocycles. The molecule has 1 fully saturated rings. The van der Waals surface area contributed by atoms with E-state index in [2.05, 4.69) is 43.9 Å². The number of aliphatic hydroxyl groups is 2. The Kier molecular flexibility index (Phi) is 3.99. The average Bonchev–Trinajstić information content (AvgIpc) is 2.69. The number of hydrogen-bond acceptors (Lipinski definition) is 2. The molecule has 2 nitrogen and oxygen atoms in total. The Labute approximate surface area is 116 Å². The molecule has 0 spiro atoms. The van der Waals surface area contributed by atoms with Crippen molar-refractivity contribution in [3.05, 3.63) is 42.5 Å². The first-order valence-electron chi connectivity index (χ1n) is 6.95. The zero-order valence-electron chi connectivity index (χ0n) is 11.9. The van der Waals surface area contributed by atoms with E-state index in [0.29, 0.717) is 6.42 Å². The van der Waals surface area contributed by atoms with Crippen molar-refractivity contribution in [1.82, 2.24) is 0 Å². The molecule has 0 aliphatic heterocycles. The molecule has 1 saturated carbocycles. The molecule has 0 radical (unpaired) electrons. The highest BCUT2D eigenvalue weighted by molar-refractivity contribution is 6.89. The Morgan fingerprint density at radius 1 is 1.32 bits per heavy atom. The van der Waals surface area contributed by atoms with E-state index in [-0.39, 0.29) is 12.5 Å². The molecule has 1 aliphatic rings. The fourth-order valence-corrected chi connectivity index (χ4v) is 6.17. The van der Waals surface area contributed by atoms with Crippen molar-refractivity contribution in [2.45, 2.75) is 37.6 Å². The van der Waals surface area contributed by atoms with E-state index in [1.165, 1.54) is 5.19 Å². The summed E-state index contributed by atoms with van der Waals surface area (Å²) in [4.78, 5) is 0. The predicted molar refractivity (Wildman–Crippen MR) is 82.3 cm³/mol. The van der Waals surface area contributed by atoms with E-state index in [0.717, 1.165) is 18.0 Å². The molecule has 1 aliphatic carbocycles. The van der Waals surface area contributed by atoms with Gasteiger partial charge < -0.3 is 10.2 Å². The number of hydrogen-bond donors (Lipinski definition) is 2. The van der Waals surface area contributed by atoms with E-state index in [1.54, 1.807) is 0 Å². The lowest BCUT2D eigenvalue weighted by atomic mass is 9.92. The van der Waals surface area contributed by atoms with Crippen LogP contribution >= 0.6 is 0 Å². The van der Waals surface area contributed by atoms with Gasteiger partial charge in [-0.2, -0.15) is 0 Å². The van der Waals surface area contributed by atoms with Crippen LogP contribution in [0.5, 0.6) is 0 Å². The van der Waals surface area contributed by atoms with Crippen LogP contribution in [-0.2, 0) is 0 Å². The van der Waals surface area contributed by atoms with Gasteiger partial charge in [0.25, 0.3) is 0 Å². The van der Waals surface area contributed by atoms with Crippen LogP contribution in [0.25, 0.3) is 0 Å². The van der Waals surface area contributed by atoms with Gasteiger partial charge in [0.05, 0.1) is 20.3 Å². The third-order valence-electron chi connectivity index (χ3n) is 4.56. The summed E-state index contributed by atoms with van der Waals surface area (Å²) in [5, 5.41) is 21.5. The standard InChI is InChI=1S/C16H24O2Si/c1-13-9-10-16(18,12-17)15(13)11-19(2,3)14-7-5-4-6-8-14/h4-8,15,17-18H,1,9-12H2,2-3H3/t15-,16-/m0/s1. The summed E-state index contributed by atoms with van der Waals surface area (Å²) < 4.78 is 0. The maximum Gasteiger partial charge on any atom is 0.0942 e. The van der Waals surface area contributed by atoms with Gasteiger partial charge in [-0.25, -0.2) is 0 Å². The van der Waals surface area contributed by atoms with Crippen LogP contribution in [0.1, 0.15) is 12.8 Å². The normalized spacial score (nSPS) is 27.8. The van der Waals surface area contributed by atoms with Gasteiger partial charge in [0, 0.05) is 5.92 Å². The van der Waals surface area contributed by atoms with Gasteiger partial charge in [0.1, 0.15) is 0 Å². The molecular formula is C16H24O2Si. The van der Waals surface area contributed by atoms with Gasteiger partial charge in [0.2, 0.25) is 0 Å². The third kappa shape index (κ3) is 2.83. The lowest BCUT2D eigenvalue weighted by Crippen LogP contribution is -2.48. The summed E-state index contributed by atoms with van der Waals surface area (Å²) in [6.45, 7) is 8.60. The lowest BCUT2D eigenvalue weighted by Gasteiger charge is -2.34. The van der Waals surface area contributed by atoms with Crippen LogP contribution in [0.15, 0.2) is 42.5 Å². The monoisotopic (exact) mass is 276 g/mol. The number of aliphatic hydroxyl groups excluding tert-OH is 1. The van der Waals surface area contributed by atoms with Crippen molar-refractivity contribution in [2.24, 2.45) is 5.92 Å². The van der Waals surface area contributed by atoms with Gasteiger partial charge in [-0.3, -0.25) is 0 Å². The quantitative estimate of drug-likeness (QED) is 0.654. The summed E-state index contributed by atoms with van der Waals surface area (Å²) >= 11 is 0. The number of benzene rings is 1. The zero-order chi connectivity index (χ0) is 14.1. The fraction of sp³-hybridized carbons (Fsp3) is 0.500. The van der Waals surface area contributed by atoms with Gasteiger partial charge in [-0.05, 0) is 18.9 Å². The topological polar surface area (TPSA) is 40.5 Å². The van der Waals surface area contributed by atoms with Crippen LogP contribution < -0.4 is 5.19 Å². The molecule has 1 aromatic carbocycles. The largest absolute Gasteiger partial charge is 0.393 e. The molecular weight excluding hydrogens is 252 g/mol. The Hall–Kier alpha value is -0.903. The molecule has 104 valence electrons. The molecule has 2 rings (SSSR count). The maximum absolute atomic E-state index is 10.6. The van der Waals surface area contributed by atoms with E-state index >= 15 is 0 Å². The third-order valence-corrected chi connectivity index (χ3v) is 7.89. The first-order valence-corrected chi connectivity index (χ1v) is 10.2. The highest BCUT2D eigenvalue weighted by Gasteiger charge is 2.45. The molecule has 19 heavy (non-hydrogen) atoms. The Morgan fingerprint density at radius 2 is 1.95 bits per heavy atom. The van der Waals surface area contributed by atoms with Crippen molar-refractivity contribution < 1.29 is 10.2 Å². The van der Waals surface area contributed by atoms with Crippen LogP contribution in [0.3, 0.4) is 0 Å². The minimum atomic E-state index is -1.62. The first kappa shape index (κ1) is 14.5. The molecule has 0 amide bonds. The summed E-state index contributed by atoms with van der Waals surface area (Å²) in [5.41, 5.74) is 0.156. The van der Waals surface area contributed by atoms with Crippen molar-refractivity contribution in [1.29, 1.82) is 0 Å². The average molecular weight is 276 g/mol. The SMILES string of the molecule is C=C1CC[C@](O)(CO)[C@H]1C[Si](C)(C)c1ccccc1.